The first kappa shape index (κ1) is 14.8. The van der Waals surface area contributed by atoms with Crippen molar-refractivity contribution in [3.63, 3.8) is 0 Å². The molecule has 0 saturated carbocycles. The van der Waals surface area contributed by atoms with Gasteiger partial charge >= 0.3 is 0 Å². The number of aryl methyl sites for hydroxylation is 1. The maximum absolute atomic E-state index is 11.1. The molecule has 0 N–H and O–H groups in total. The van der Waals surface area contributed by atoms with Gasteiger partial charge in [-0.25, -0.2) is 0 Å². The number of anilines is 1. The van der Waals surface area contributed by atoms with Crippen LogP contribution in [0.4, 0.5) is 5.69 Å². The molecular formula is C18H25NO. The van der Waals surface area contributed by atoms with Crippen LogP contribution in [0.2, 0.25) is 0 Å². The first-order valence-corrected chi connectivity index (χ1v) is 7.40. The summed E-state index contributed by atoms with van der Waals surface area (Å²) in [5.74, 6) is 0. The Balaban J connectivity index is 2.73. The Kier molecular flexibility index (Phi) is 3.77. The lowest BCUT2D eigenvalue weighted by Gasteiger charge is -2.47. The summed E-state index contributed by atoms with van der Waals surface area (Å²) in [7, 11) is 0. The Morgan fingerprint density at radius 1 is 1.30 bits per heavy atom. The monoisotopic (exact) mass is 271 g/mol. The topological polar surface area (TPSA) is 20.3 Å². The second-order valence-electron chi connectivity index (χ2n) is 6.46. The van der Waals surface area contributed by atoms with Gasteiger partial charge in [-0.2, -0.15) is 0 Å². The molecule has 1 aliphatic heterocycles. The molecule has 2 heteroatoms. The van der Waals surface area contributed by atoms with Crippen LogP contribution in [0.3, 0.4) is 0 Å². The largest absolute Gasteiger partial charge is 0.360 e. The van der Waals surface area contributed by atoms with Crippen molar-refractivity contribution < 1.29 is 4.79 Å². The zero-order valence-electron chi connectivity index (χ0n) is 13.4. The molecular weight excluding hydrogens is 246 g/mol. The summed E-state index contributed by atoms with van der Waals surface area (Å²) in [6.45, 7) is 13.3. The molecule has 2 rings (SSSR count). The number of hydrogen-bond donors (Lipinski definition) is 0. The highest BCUT2D eigenvalue weighted by molar-refractivity contribution is 5.88. The predicted octanol–water partition coefficient (Wildman–Crippen LogP) is 4.61. The van der Waals surface area contributed by atoms with Gasteiger partial charge in [0.15, 0.2) is 0 Å². The fraction of sp³-hybridized carbons (Fsp3) is 0.500. The minimum atomic E-state index is -0.0000341. The molecule has 2 nitrogen and oxygen atoms in total. The summed E-state index contributed by atoms with van der Waals surface area (Å²) < 4.78 is 0. The fourth-order valence-corrected chi connectivity index (χ4v) is 3.43. The minimum Gasteiger partial charge on any atom is -0.360 e. The van der Waals surface area contributed by atoms with Crippen molar-refractivity contribution in [2.75, 3.05) is 4.90 Å². The maximum atomic E-state index is 11.1. The van der Waals surface area contributed by atoms with E-state index in [0.717, 1.165) is 18.3 Å². The summed E-state index contributed by atoms with van der Waals surface area (Å²) in [5, 5.41) is 0. The van der Waals surface area contributed by atoms with Crippen molar-refractivity contribution in [1.29, 1.82) is 0 Å². The lowest BCUT2D eigenvalue weighted by molar-refractivity contribution is 0.112. The van der Waals surface area contributed by atoms with Gasteiger partial charge in [0.05, 0.1) is 5.54 Å². The Bertz CT molecular complexity index is 569. The number of nitrogens with zero attached hydrogens (tertiary/aromatic N) is 1. The van der Waals surface area contributed by atoms with E-state index >= 15 is 0 Å². The number of fused-ring (bicyclic) bond motifs is 1. The highest BCUT2D eigenvalue weighted by Crippen LogP contribution is 2.42. The molecule has 1 aromatic carbocycles. The lowest BCUT2D eigenvalue weighted by Crippen LogP contribution is -2.50. The molecule has 1 atom stereocenters. The van der Waals surface area contributed by atoms with E-state index in [-0.39, 0.29) is 5.54 Å². The quantitative estimate of drug-likeness (QED) is 0.748. The minimum absolute atomic E-state index is 0.0000341. The van der Waals surface area contributed by atoms with Gasteiger partial charge in [-0.05, 0) is 64.3 Å². The molecule has 0 saturated heterocycles. The fourth-order valence-electron chi connectivity index (χ4n) is 3.43. The van der Waals surface area contributed by atoms with E-state index < -0.39 is 0 Å². The van der Waals surface area contributed by atoms with Gasteiger partial charge < -0.3 is 4.90 Å². The van der Waals surface area contributed by atoms with Crippen molar-refractivity contribution in [1.82, 2.24) is 0 Å². The van der Waals surface area contributed by atoms with Crippen LogP contribution in [-0.4, -0.2) is 17.9 Å². The number of allylic oxidation sites excluding steroid dienone is 1. The number of aldehydes is 1. The maximum Gasteiger partial charge on any atom is 0.150 e. The summed E-state index contributed by atoms with van der Waals surface area (Å²) in [4.78, 5) is 13.6. The third-order valence-electron chi connectivity index (χ3n) is 4.35. The molecule has 0 fully saturated rings. The molecule has 0 amide bonds. The van der Waals surface area contributed by atoms with Crippen LogP contribution in [0.1, 0.15) is 62.5 Å². The van der Waals surface area contributed by atoms with E-state index in [1.807, 2.05) is 12.1 Å². The van der Waals surface area contributed by atoms with Crippen LogP contribution in [0, 0.1) is 6.92 Å². The molecule has 1 aromatic rings. The van der Waals surface area contributed by atoms with E-state index in [9.17, 15) is 4.79 Å². The average molecular weight is 271 g/mol. The Labute approximate surface area is 122 Å². The third kappa shape index (κ3) is 2.28. The highest BCUT2D eigenvalue weighted by Gasteiger charge is 2.34. The van der Waals surface area contributed by atoms with Crippen LogP contribution >= 0.6 is 0 Å². The Hall–Kier alpha value is -1.57. The summed E-state index contributed by atoms with van der Waals surface area (Å²) >= 11 is 0. The zero-order chi connectivity index (χ0) is 15.1. The molecule has 0 unspecified atom stereocenters. The molecule has 0 aliphatic carbocycles. The molecule has 0 aromatic heterocycles. The normalized spacial score (nSPS) is 18.3. The van der Waals surface area contributed by atoms with E-state index in [1.165, 1.54) is 22.4 Å². The number of carbonyl (C=O) groups is 1. The van der Waals surface area contributed by atoms with Crippen molar-refractivity contribution in [3.05, 3.63) is 34.9 Å². The SMILES string of the molecule is CC[C@@H](C)N1c2c(C)cc(C=O)cc2C(C)=CC1(C)C. The van der Waals surface area contributed by atoms with Crippen LogP contribution in [-0.2, 0) is 0 Å². The van der Waals surface area contributed by atoms with Gasteiger partial charge in [-0.3, -0.25) is 4.79 Å². The molecule has 1 heterocycles. The number of carbonyl (C=O) groups excluding carboxylic acids is 1. The highest BCUT2D eigenvalue weighted by atomic mass is 16.1. The van der Waals surface area contributed by atoms with Gasteiger partial charge in [-0.1, -0.05) is 13.0 Å². The lowest BCUT2D eigenvalue weighted by atomic mass is 9.85. The molecule has 0 radical (unpaired) electrons. The van der Waals surface area contributed by atoms with Crippen molar-refractivity contribution in [2.45, 2.75) is 59.5 Å². The first-order valence-electron chi connectivity index (χ1n) is 7.40. The van der Waals surface area contributed by atoms with Crippen LogP contribution in [0.15, 0.2) is 18.2 Å². The Morgan fingerprint density at radius 2 is 1.95 bits per heavy atom. The van der Waals surface area contributed by atoms with Gasteiger partial charge in [0, 0.05) is 22.9 Å². The van der Waals surface area contributed by atoms with E-state index in [4.69, 9.17) is 0 Å². The smallest absolute Gasteiger partial charge is 0.150 e. The third-order valence-corrected chi connectivity index (χ3v) is 4.35. The summed E-state index contributed by atoms with van der Waals surface area (Å²) in [6, 6.07) is 4.48. The van der Waals surface area contributed by atoms with Gasteiger partial charge in [-0.15, -0.1) is 0 Å². The molecule has 1 aliphatic rings. The van der Waals surface area contributed by atoms with Gasteiger partial charge in [0.1, 0.15) is 6.29 Å². The van der Waals surface area contributed by atoms with E-state index in [2.05, 4.69) is 52.5 Å². The van der Waals surface area contributed by atoms with E-state index in [0.29, 0.717) is 6.04 Å². The van der Waals surface area contributed by atoms with Crippen molar-refractivity contribution >= 4 is 17.5 Å². The van der Waals surface area contributed by atoms with Crippen LogP contribution in [0.25, 0.3) is 5.57 Å². The standard InChI is InChI=1S/C18H25NO/c1-7-14(4)19-17-12(2)8-15(11-20)9-16(17)13(3)10-18(19,5)6/h8-11,14H,7H2,1-6H3/t14-/m1/s1. The average Bonchev–Trinajstić information content (AvgIpc) is 2.38. The van der Waals surface area contributed by atoms with Gasteiger partial charge in [0.2, 0.25) is 0 Å². The number of benzene rings is 1. The summed E-state index contributed by atoms with van der Waals surface area (Å²) in [5.41, 5.74) is 5.70. The molecule has 20 heavy (non-hydrogen) atoms. The van der Waals surface area contributed by atoms with Crippen molar-refractivity contribution in [2.24, 2.45) is 0 Å². The second kappa shape index (κ2) is 5.08. The predicted molar refractivity (Wildman–Crippen MR) is 86.5 cm³/mol. The second-order valence-corrected chi connectivity index (χ2v) is 6.46. The molecule has 0 bridgehead atoms. The summed E-state index contributed by atoms with van der Waals surface area (Å²) in [6.07, 6.45) is 4.36. The molecule has 108 valence electrons. The van der Waals surface area contributed by atoms with Gasteiger partial charge in [0.25, 0.3) is 0 Å². The van der Waals surface area contributed by atoms with Crippen LogP contribution < -0.4 is 4.90 Å². The van der Waals surface area contributed by atoms with E-state index in [1.54, 1.807) is 0 Å². The van der Waals surface area contributed by atoms with Crippen molar-refractivity contribution in [3.8, 4) is 0 Å². The zero-order valence-corrected chi connectivity index (χ0v) is 13.4. The molecule has 0 spiro atoms. The Morgan fingerprint density at radius 3 is 2.50 bits per heavy atom. The number of hydrogen-bond acceptors (Lipinski definition) is 2. The number of rotatable bonds is 3. The van der Waals surface area contributed by atoms with Crippen LogP contribution in [0.5, 0.6) is 0 Å². The first-order chi connectivity index (χ1) is 9.31.